The lowest BCUT2D eigenvalue weighted by Gasteiger charge is -2.50. The molecule has 9 rings (SSSR count). The summed E-state index contributed by atoms with van der Waals surface area (Å²) in [5.74, 6) is -12.8. The van der Waals surface area contributed by atoms with Crippen LogP contribution >= 0.6 is 0 Å². The Morgan fingerprint density at radius 1 is 0.392 bits per heavy atom. The average molecular weight is 1070 g/mol. The minimum atomic E-state index is -2.90. The van der Waals surface area contributed by atoms with E-state index in [9.17, 15) is 38.7 Å². The number of carbonyl (C=O) groups is 7. The van der Waals surface area contributed by atoms with Crippen molar-refractivity contribution in [2.45, 2.75) is 48.2 Å². The summed E-state index contributed by atoms with van der Waals surface area (Å²) in [5, 5.41) is 12.0. The van der Waals surface area contributed by atoms with Crippen LogP contribution in [0.5, 0.6) is 0 Å². The van der Waals surface area contributed by atoms with Gasteiger partial charge in [-0.2, -0.15) is 0 Å². The van der Waals surface area contributed by atoms with Crippen LogP contribution in [0.4, 0.5) is 0 Å². The Morgan fingerprint density at radius 3 is 1.09 bits per heavy atom. The summed E-state index contributed by atoms with van der Waals surface area (Å²) in [6, 6.07) is 53.7. The van der Waals surface area contributed by atoms with E-state index in [1.54, 1.807) is 115 Å². The van der Waals surface area contributed by atoms with Gasteiger partial charge in [0, 0.05) is 0 Å². The topological polar surface area (TPSA) is 232 Å². The van der Waals surface area contributed by atoms with Gasteiger partial charge in [0.05, 0.1) is 45.6 Å². The van der Waals surface area contributed by atoms with E-state index in [-0.39, 0.29) is 38.9 Å². The van der Waals surface area contributed by atoms with Gasteiger partial charge in [0.15, 0.2) is 30.5 Å². The van der Waals surface area contributed by atoms with Crippen LogP contribution in [0.25, 0.3) is 0 Å². The van der Waals surface area contributed by atoms with Gasteiger partial charge in [0.2, 0.25) is 11.6 Å². The first-order valence-corrected chi connectivity index (χ1v) is 24.8. The molecule has 0 unspecified atom stereocenters. The summed E-state index contributed by atoms with van der Waals surface area (Å²) in [4.78, 5) is 99.4. The molecule has 18 nitrogen and oxygen atoms in total. The highest BCUT2D eigenvalue weighted by molar-refractivity contribution is 5.93. The molecular formula is C61H50O18. The normalized spacial score (nSPS) is 22.2. The zero-order valence-electron chi connectivity index (χ0n) is 41.9. The third kappa shape index (κ3) is 12.9. The first-order chi connectivity index (χ1) is 38.5. The number of esters is 7. The van der Waals surface area contributed by atoms with Crippen LogP contribution in [0.2, 0.25) is 0 Å². The number of aliphatic hydroxyl groups excluding tert-OH is 1. The summed E-state index contributed by atoms with van der Waals surface area (Å²) in [6.45, 7) is -4.03. The van der Waals surface area contributed by atoms with Crippen molar-refractivity contribution in [3.05, 3.63) is 251 Å². The van der Waals surface area contributed by atoms with E-state index in [1.165, 1.54) is 97.1 Å². The fraction of sp³-hybridized carbons (Fsp3) is 0.197. The number of hydrogen-bond acceptors (Lipinski definition) is 18. The summed E-state index contributed by atoms with van der Waals surface area (Å²) in [5.41, 5.74) is 0.114. The quantitative estimate of drug-likeness (QED) is 0.0605. The van der Waals surface area contributed by atoms with Crippen LogP contribution in [0.15, 0.2) is 212 Å². The third-order valence-corrected chi connectivity index (χ3v) is 12.7. The molecule has 2 aliphatic heterocycles. The number of hydrogen-bond donors (Lipinski definition) is 1. The number of benzene rings is 7. The first-order valence-electron chi connectivity index (χ1n) is 24.8. The van der Waals surface area contributed by atoms with Crippen LogP contribution in [-0.4, -0.2) is 122 Å². The predicted octanol–water partition coefficient (Wildman–Crippen LogP) is 7.66. The fourth-order valence-corrected chi connectivity index (χ4v) is 8.74. The summed E-state index contributed by atoms with van der Waals surface area (Å²) >= 11 is 0. The van der Waals surface area contributed by atoms with Gasteiger partial charge in [-0.1, -0.05) is 127 Å². The Bertz CT molecular complexity index is 3210. The molecule has 0 aromatic heterocycles. The van der Waals surface area contributed by atoms with E-state index in [2.05, 4.69) is 0 Å². The molecule has 79 heavy (non-hydrogen) atoms. The van der Waals surface area contributed by atoms with Gasteiger partial charge in [-0.05, 0) is 84.9 Å². The Morgan fingerprint density at radius 2 is 0.709 bits per heavy atom. The summed E-state index contributed by atoms with van der Waals surface area (Å²) < 4.78 is 62.9. The summed E-state index contributed by atoms with van der Waals surface area (Å²) in [6.07, 6.45) is -11.5. The van der Waals surface area contributed by atoms with Crippen molar-refractivity contribution < 1.29 is 86.0 Å². The first kappa shape index (κ1) is 54.5. The van der Waals surface area contributed by atoms with Crippen LogP contribution in [0, 0.1) is 0 Å². The molecule has 402 valence electrons. The molecule has 7 aromatic rings. The van der Waals surface area contributed by atoms with E-state index in [1.807, 2.05) is 0 Å². The molecule has 0 amide bonds. The molecule has 1 N–H and O–H groups in total. The highest BCUT2D eigenvalue weighted by Crippen LogP contribution is 2.45. The van der Waals surface area contributed by atoms with Crippen LogP contribution in [-0.2, 0) is 47.4 Å². The van der Waals surface area contributed by atoms with Gasteiger partial charge in [0.1, 0.15) is 25.9 Å². The van der Waals surface area contributed by atoms with Gasteiger partial charge >= 0.3 is 41.8 Å². The van der Waals surface area contributed by atoms with Crippen molar-refractivity contribution in [2.75, 3.05) is 26.4 Å². The maximum Gasteiger partial charge on any atom is 0.338 e. The summed E-state index contributed by atoms with van der Waals surface area (Å²) in [7, 11) is 0. The van der Waals surface area contributed by atoms with Crippen molar-refractivity contribution in [2.24, 2.45) is 0 Å². The van der Waals surface area contributed by atoms with E-state index in [4.69, 9.17) is 47.4 Å². The van der Waals surface area contributed by atoms with E-state index < -0.39 is 116 Å². The zero-order valence-corrected chi connectivity index (χ0v) is 41.9. The van der Waals surface area contributed by atoms with E-state index in [0.717, 1.165) is 0 Å². The fourth-order valence-electron chi connectivity index (χ4n) is 8.74. The number of ether oxygens (including phenoxy) is 10. The molecule has 18 heteroatoms. The number of aliphatic hydroxyl groups is 1. The van der Waals surface area contributed by atoms with Gasteiger partial charge in [0.25, 0.3) is 0 Å². The second kappa shape index (κ2) is 25.2. The monoisotopic (exact) mass is 1070 g/mol. The maximum atomic E-state index is 14.6. The average Bonchev–Trinajstić information content (AvgIpc) is 4.06. The smallest absolute Gasteiger partial charge is 0.338 e. The van der Waals surface area contributed by atoms with Gasteiger partial charge in [-0.3, -0.25) is 0 Å². The van der Waals surface area contributed by atoms with Gasteiger partial charge in [-0.15, -0.1) is 0 Å². The Balaban J connectivity index is 1.22. The maximum absolute atomic E-state index is 14.6. The van der Waals surface area contributed by atoms with E-state index in [0.29, 0.717) is 0 Å². The Labute approximate surface area is 452 Å². The largest absolute Gasteiger partial charge is 0.459 e. The minimum absolute atomic E-state index is 0.00180. The lowest BCUT2D eigenvalue weighted by Crippen LogP contribution is -2.70. The molecule has 2 saturated heterocycles. The zero-order chi connectivity index (χ0) is 55.2. The van der Waals surface area contributed by atoms with Crippen LogP contribution < -0.4 is 0 Å². The van der Waals surface area contributed by atoms with E-state index >= 15 is 0 Å². The van der Waals surface area contributed by atoms with Crippen molar-refractivity contribution >= 4 is 41.8 Å². The SMILES string of the molecule is O=C(OC[C@H]1O[C@@](COC(=O)c2ccccc2)(O[C@@]2(CO)OC[C@@H](OC(=O)c3ccccc3)[C@@H](OC(=O)c3ccccc3)[C@@H]2OC(=O)c2ccccc2)[C@@H](OC(=O)c2ccccc2)[C@@H]1OC(=O)c1ccccc1)c1ccccc1. The van der Waals surface area contributed by atoms with Crippen molar-refractivity contribution in [3.8, 4) is 0 Å². The second-order valence-corrected chi connectivity index (χ2v) is 17.9. The highest BCUT2D eigenvalue weighted by atomic mass is 16.8. The Hall–Kier alpha value is -9.33. The minimum Gasteiger partial charge on any atom is -0.459 e. The molecule has 2 aliphatic rings. The molecular weight excluding hydrogens is 1020 g/mol. The molecule has 0 aliphatic carbocycles. The predicted molar refractivity (Wildman–Crippen MR) is 276 cm³/mol. The van der Waals surface area contributed by atoms with Crippen molar-refractivity contribution in [1.29, 1.82) is 0 Å². The van der Waals surface area contributed by atoms with Gasteiger partial charge < -0.3 is 52.5 Å². The Kier molecular flexibility index (Phi) is 17.4. The van der Waals surface area contributed by atoms with Crippen LogP contribution in [0.3, 0.4) is 0 Å². The molecule has 0 bridgehead atoms. The highest BCUT2D eigenvalue weighted by Gasteiger charge is 2.68. The molecule has 0 radical (unpaired) electrons. The second-order valence-electron chi connectivity index (χ2n) is 17.9. The molecule has 0 saturated carbocycles. The third-order valence-electron chi connectivity index (χ3n) is 12.7. The lowest BCUT2D eigenvalue weighted by atomic mass is 9.94. The van der Waals surface area contributed by atoms with Gasteiger partial charge in [-0.25, -0.2) is 33.6 Å². The van der Waals surface area contributed by atoms with Crippen molar-refractivity contribution in [3.63, 3.8) is 0 Å². The molecule has 2 heterocycles. The molecule has 8 atom stereocenters. The molecule has 7 aromatic carbocycles. The molecule has 2 fully saturated rings. The number of carbonyl (C=O) groups excluding carboxylic acids is 7. The molecule has 0 spiro atoms. The lowest BCUT2D eigenvalue weighted by molar-refractivity contribution is -0.423. The standard InChI is InChI=1S/C61H50O18/c62-38-60(51(76-58(68)45-32-18-6-19-33-45)49(74-56(66)43-28-14-4-15-29-43)47(37-72-60)73-55(65)42-26-12-3-13-27-42)79-61(39-71-54(64)41-24-10-2-11-25-41)52(77-59(69)46-34-20-7-21-35-46)50(75-57(67)44-30-16-5-17-31-44)48(78-61)36-70-53(63)40-22-8-1-9-23-40/h1-35,47-52,62H,36-39H2/t47-,48-,49-,50-,51+,52+,60-,61+/m1/s1. The van der Waals surface area contributed by atoms with Crippen LogP contribution in [0.1, 0.15) is 72.5 Å². The van der Waals surface area contributed by atoms with Crippen molar-refractivity contribution in [1.82, 2.24) is 0 Å². The number of rotatable bonds is 19.